The van der Waals surface area contributed by atoms with Gasteiger partial charge in [-0.15, -0.1) is 0 Å². The van der Waals surface area contributed by atoms with Crippen molar-refractivity contribution >= 4 is 15.6 Å². The summed E-state index contributed by atoms with van der Waals surface area (Å²) in [5.74, 6) is 0. The minimum Gasteiger partial charge on any atom is -0.345 e. The van der Waals surface area contributed by atoms with E-state index in [1.54, 1.807) is 6.92 Å². The van der Waals surface area contributed by atoms with Crippen molar-refractivity contribution in [2.24, 2.45) is 0 Å². The van der Waals surface area contributed by atoms with Gasteiger partial charge in [0.25, 0.3) is 0 Å². The van der Waals surface area contributed by atoms with Crippen molar-refractivity contribution < 1.29 is 45.7 Å². The summed E-state index contributed by atoms with van der Waals surface area (Å²) in [6.07, 6.45) is -1.86. The van der Waals surface area contributed by atoms with E-state index in [0.717, 1.165) is 27.8 Å². The Hall–Kier alpha value is -3.76. The van der Waals surface area contributed by atoms with Crippen LogP contribution < -0.4 is 0 Å². The van der Waals surface area contributed by atoms with E-state index >= 15 is 0 Å². The summed E-state index contributed by atoms with van der Waals surface area (Å²) < 4.78 is 77.4. The number of hydrogen-bond acceptors (Lipinski definition) is 10. The summed E-state index contributed by atoms with van der Waals surface area (Å²) in [5, 5.41) is 0. The second kappa shape index (κ2) is 18.3. The predicted octanol–water partition coefficient (Wildman–Crippen LogP) is 9.98. The monoisotopic (exact) mass is 744 g/mol. The van der Waals surface area contributed by atoms with Gasteiger partial charge < -0.3 is 9.47 Å². The molecule has 0 saturated carbocycles. The molecule has 0 spiro atoms. The Morgan fingerprint density at radius 2 is 0.904 bits per heavy atom. The molecule has 0 aliphatic carbocycles. The minimum atomic E-state index is -4.33. The van der Waals surface area contributed by atoms with Gasteiger partial charge in [-0.2, -0.15) is 0 Å². The average Bonchev–Trinajstić information content (AvgIpc) is 3.19. The van der Waals surface area contributed by atoms with Crippen LogP contribution in [0.5, 0.6) is 0 Å². The topological polar surface area (TPSA) is 108 Å². The lowest BCUT2D eigenvalue weighted by Gasteiger charge is -2.44. The molecule has 1 heterocycles. The minimum absolute atomic E-state index is 0.0300. The van der Waals surface area contributed by atoms with Crippen molar-refractivity contribution in [2.75, 3.05) is 13.2 Å². The van der Waals surface area contributed by atoms with Gasteiger partial charge in [-0.3, -0.25) is 27.1 Å². The molecule has 1 aliphatic heterocycles. The van der Waals surface area contributed by atoms with Crippen LogP contribution in [0.2, 0.25) is 0 Å². The predicted molar refractivity (Wildman–Crippen MR) is 196 cm³/mol. The van der Waals surface area contributed by atoms with Gasteiger partial charge >= 0.3 is 15.6 Å². The third kappa shape index (κ3) is 11.1. The molecule has 1 fully saturated rings. The van der Waals surface area contributed by atoms with E-state index in [4.69, 9.17) is 36.6 Å². The molecule has 52 heavy (non-hydrogen) atoms. The first kappa shape index (κ1) is 38.0. The fraction of sp³-hybridized carbons (Fsp3) is 0.250. The Kier molecular flexibility index (Phi) is 13.4. The van der Waals surface area contributed by atoms with Gasteiger partial charge in [0.05, 0.1) is 39.6 Å². The summed E-state index contributed by atoms with van der Waals surface area (Å²) in [6, 6.07) is 46.5. The van der Waals surface area contributed by atoms with Crippen molar-refractivity contribution in [1.82, 2.24) is 0 Å². The first-order valence-corrected chi connectivity index (χ1v) is 19.8. The number of rotatable bonds is 18. The standard InChI is InChI=1S/C40H42O10P2/c1-40(50-52(42,46-29-35-21-11-4-12-22-35)47-30-36-23-13-5-14-24-36)32-43-39(37-25-15-6-16-26-37)49-38(40)31-48-51(41,44-27-33-17-7-2-8-18-33)45-28-34-19-9-3-10-20-34/h2-26,38-39H,27-32H2,1H3/t38-,39+,40-/m1/s1. The molecule has 0 unspecified atom stereocenters. The van der Waals surface area contributed by atoms with E-state index in [9.17, 15) is 9.13 Å². The van der Waals surface area contributed by atoms with E-state index < -0.39 is 33.6 Å². The van der Waals surface area contributed by atoms with E-state index in [0.29, 0.717) is 0 Å². The molecule has 6 rings (SSSR count). The Balaban J connectivity index is 1.25. The van der Waals surface area contributed by atoms with Gasteiger partial charge in [0.1, 0.15) is 11.7 Å². The number of benzene rings is 5. The summed E-state index contributed by atoms with van der Waals surface area (Å²) in [5.41, 5.74) is 2.35. The Morgan fingerprint density at radius 3 is 1.31 bits per heavy atom. The van der Waals surface area contributed by atoms with E-state index in [2.05, 4.69) is 0 Å². The fourth-order valence-electron chi connectivity index (χ4n) is 5.28. The van der Waals surface area contributed by atoms with E-state index in [-0.39, 0.29) is 39.6 Å². The quantitative estimate of drug-likeness (QED) is 0.0805. The van der Waals surface area contributed by atoms with Crippen LogP contribution >= 0.6 is 15.6 Å². The molecule has 0 N–H and O–H groups in total. The molecule has 0 aromatic heterocycles. The smallest absolute Gasteiger partial charge is 0.345 e. The Bertz CT molecular complexity index is 1790. The lowest BCUT2D eigenvalue weighted by Crippen LogP contribution is -2.53. The van der Waals surface area contributed by atoms with Gasteiger partial charge in [-0.25, -0.2) is 9.13 Å². The number of ether oxygens (including phenoxy) is 2. The van der Waals surface area contributed by atoms with Crippen LogP contribution in [0.3, 0.4) is 0 Å². The molecule has 3 atom stereocenters. The molecule has 1 saturated heterocycles. The van der Waals surface area contributed by atoms with Gasteiger partial charge in [0, 0.05) is 5.56 Å². The Labute approximate surface area is 304 Å². The normalized spacial score (nSPS) is 19.3. The highest BCUT2D eigenvalue weighted by molar-refractivity contribution is 7.48. The summed E-state index contributed by atoms with van der Waals surface area (Å²) in [7, 11) is -8.56. The van der Waals surface area contributed by atoms with Crippen LogP contribution in [0.15, 0.2) is 152 Å². The highest BCUT2D eigenvalue weighted by Crippen LogP contribution is 2.57. The van der Waals surface area contributed by atoms with Crippen molar-refractivity contribution in [3.05, 3.63) is 179 Å². The van der Waals surface area contributed by atoms with Gasteiger partial charge in [0.15, 0.2) is 6.29 Å². The SMILES string of the molecule is C[C@@]1(OP(=O)(OCc2ccccc2)OCc2ccccc2)CO[C@H](c2ccccc2)O[C@@H]1COP(=O)(OCc1ccccc1)OCc1ccccc1. The molecular weight excluding hydrogens is 702 g/mol. The molecule has 5 aromatic rings. The number of phosphoric acid groups is 2. The van der Waals surface area contributed by atoms with Crippen LogP contribution in [0.25, 0.3) is 0 Å². The maximum absolute atomic E-state index is 14.5. The fourth-order valence-corrected chi connectivity index (χ4v) is 7.91. The maximum atomic E-state index is 14.5. The van der Waals surface area contributed by atoms with Gasteiger partial charge in [-0.1, -0.05) is 152 Å². The lowest BCUT2D eigenvalue weighted by molar-refractivity contribution is -0.290. The zero-order chi connectivity index (χ0) is 36.1. The molecule has 10 nitrogen and oxygen atoms in total. The second-order valence-electron chi connectivity index (χ2n) is 12.3. The maximum Gasteiger partial charge on any atom is 0.476 e. The van der Waals surface area contributed by atoms with Crippen molar-refractivity contribution in [1.29, 1.82) is 0 Å². The van der Waals surface area contributed by atoms with E-state index in [1.165, 1.54) is 0 Å². The van der Waals surface area contributed by atoms with Crippen molar-refractivity contribution in [3.8, 4) is 0 Å². The van der Waals surface area contributed by atoms with E-state index in [1.807, 2.05) is 152 Å². The van der Waals surface area contributed by atoms with Gasteiger partial charge in [-0.05, 0) is 29.2 Å². The average molecular weight is 745 g/mol. The lowest BCUT2D eigenvalue weighted by atomic mass is 9.99. The number of phosphoric ester groups is 2. The highest BCUT2D eigenvalue weighted by atomic mass is 31.2. The van der Waals surface area contributed by atoms with Crippen molar-refractivity contribution in [2.45, 2.75) is 51.3 Å². The zero-order valence-electron chi connectivity index (χ0n) is 28.8. The number of hydrogen-bond donors (Lipinski definition) is 0. The first-order valence-electron chi connectivity index (χ1n) is 16.9. The van der Waals surface area contributed by atoms with Crippen LogP contribution in [-0.4, -0.2) is 24.9 Å². The summed E-state index contributed by atoms with van der Waals surface area (Å²) in [4.78, 5) is 0. The summed E-state index contributed by atoms with van der Waals surface area (Å²) >= 11 is 0. The van der Waals surface area contributed by atoms with Crippen molar-refractivity contribution in [3.63, 3.8) is 0 Å². The summed E-state index contributed by atoms with van der Waals surface area (Å²) in [6.45, 7) is 1.06. The van der Waals surface area contributed by atoms with Crippen LogP contribution in [0.4, 0.5) is 0 Å². The molecule has 5 aromatic carbocycles. The second-order valence-corrected chi connectivity index (χ2v) is 15.6. The van der Waals surface area contributed by atoms with Crippen LogP contribution in [0.1, 0.15) is 41.0 Å². The third-order valence-corrected chi connectivity index (χ3v) is 11.1. The third-order valence-electron chi connectivity index (χ3n) is 8.19. The largest absolute Gasteiger partial charge is 0.476 e. The molecule has 0 bridgehead atoms. The van der Waals surface area contributed by atoms with Crippen LogP contribution in [-0.2, 0) is 72.2 Å². The molecule has 1 aliphatic rings. The molecular formula is C40H42O10P2. The molecule has 0 radical (unpaired) electrons. The highest BCUT2D eigenvalue weighted by Gasteiger charge is 2.50. The van der Waals surface area contributed by atoms with Gasteiger partial charge in [0.2, 0.25) is 0 Å². The molecule has 12 heteroatoms. The zero-order valence-corrected chi connectivity index (χ0v) is 30.6. The first-order chi connectivity index (χ1) is 25.3. The Morgan fingerprint density at radius 1 is 0.538 bits per heavy atom. The van der Waals surface area contributed by atoms with Crippen LogP contribution in [0, 0.1) is 0 Å². The molecule has 0 amide bonds. The molecule has 272 valence electrons.